The fourth-order valence-corrected chi connectivity index (χ4v) is 2.12. The van der Waals surface area contributed by atoms with E-state index in [0.717, 1.165) is 4.90 Å². The number of rotatable bonds is 6. The minimum absolute atomic E-state index is 0.267. The van der Waals surface area contributed by atoms with Gasteiger partial charge < -0.3 is 10.2 Å². The Morgan fingerprint density at radius 1 is 1.43 bits per heavy atom. The number of nitrogens with one attached hydrogen (secondary N) is 1. The molecule has 2 aromatic rings. The molecule has 124 valence electrons. The average molecular weight is 324 g/mol. The summed E-state index contributed by atoms with van der Waals surface area (Å²) in [7, 11) is 1.70. The van der Waals surface area contributed by atoms with E-state index in [2.05, 4.69) is 20.8 Å². The molecule has 0 aliphatic rings. The van der Waals surface area contributed by atoms with Crippen molar-refractivity contribution < 1.29 is 13.6 Å². The maximum Gasteiger partial charge on any atom is 0.322 e. The first-order chi connectivity index (χ1) is 11.0. The van der Waals surface area contributed by atoms with Gasteiger partial charge in [-0.15, -0.1) is 5.10 Å². The molecule has 0 unspecified atom stereocenters. The maximum absolute atomic E-state index is 12.6. The number of carbonyl (C=O) groups excluding carboxylic acids is 1. The number of aryl methyl sites for hydroxylation is 1. The number of urea groups is 1. The quantitative estimate of drug-likeness (QED) is 0.885. The second-order valence-electron chi connectivity index (χ2n) is 4.97. The minimum Gasteiger partial charge on any atom is -0.319 e. The van der Waals surface area contributed by atoms with E-state index in [1.165, 1.54) is 4.68 Å². The van der Waals surface area contributed by atoms with E-state index in [1.807, 2.05) is 6.92 Å². The topological polar surface area (TPSA) is 75.9 Å². The first-order valence-corrected chi connectivity index (χ1v) is 7.18. The third-order valence-corrected chi connectivity index (χ3v) is 3.13. The van der Waals surface area contributed by atoms with Gasteiger partial charge in [0.15, 0.2) is 5.82 Å². The van der Waals surface area contributed by atoms with Crippen LogP contribution in [0.4, 0.5) is 19.3 Å². The number of carbonyl (C=O) groups is 1. The van der Waals surface area contributed by atoms with Crippen molar-refractivity contribution in [2.75, 3.05) is 18.4 Å². The molecule has 0 saturated carbocycles. The largest absolute Gasteiger partial charge is 0.322 e. The summed E-state index contributed by atoms with van der Waals surface area (Å²) in [5.41, 5.74) is 1.21. The fourth-order valence-electron chi connectivity index (χ4n) is 2.12. The van der Waals surface area contributed by atoms with Crippen molar-refractivity contribution in [3.8, 4) is 11.4 Å². The Balaban J connectivity index is 2.13. The highest BCUT2D eigenvalue weighted by atomic mass is 19.3. The second kappa shape index (κ2) is 7.61. The summed E-state index contributed by atoms with van der Waals surface area (Å²) in [5, 5.41) is 13.8. The van der Waals surface area contributed by atoms with Crippen LogP contribution in [0.15, 0.2) is 24.3 Å². The molecule has 9 heteroatoms. The molecule has 0 bridgehead atoms. The average Bonchev–Trinajstić information content (AvgIpc) is 2.93. The van der Waals surface area contributed by atoms with Crippen LogP contribution in [-0.2, 0) is 7.05 Å². The number of hydrogen-bond donors (Lipinski definition) is 1. The molecule has 23 heavy (non-hydrogen) atoms. The molecule has 1 aromatic heterocycles. The monoisotopic (exact) mass is 324 g/mol. The van der Waals surface area contributed by atoms with E-state index in [1.54, 1.807) is 31.3 Å². The molecule has 2 amide bonds. The molecule has 0 aliphatic carbocycles. The molecule has 0 aliphatic heterocycles. The van der Waals surface area contributed by atoms with Crippen molar-refractivity contribution >= 4 is 11.7 Å². The van der Waals surface area contributed by atoms with Crippen LogP contribution in [0.2, 0.25) is 0 Å². The zero-order chi connectivity index (χ0) is 16.8. The van der Waals surface area contributed by atoms with Gasteiger partial charge in [0.2, 0.25) is 0 Å². The van der Waals surface area contributed by atoms with Gasteiger partial charge in [-0.1, -0.05) is 19.1 Å². The van der Waals surface area contributed by atoms with Crippen LogP contribution >= 0.6 is 0 Å². The summed E-state index contributed by atoms with van der Waals surface area (Å²) in [6, 6.07) is 6.34. The summed E-state index contributed by atoms with van der Waals surface area (Å²) in [4.78, 5) is 13.2. The molecule has 0 atom stereocenters. The Hall–Kier alpha value is -2.58. The van der Waals surface area contributed by atoms with Crippen molar-refractivity contribution in [1.82, 2.24) is 25.1 Å². The number of halogens is 2. The van der Waals surface area contributed by atoms with E-state index in [-0.39, 0.29) is 6.54 Å². The zero-order valence-electron chi connectivity index (χ0n) is 12.9. The first kappa shape index (κ1) is 16.8. The molecule has 0 fully saturated rings. The summed E-state index contributed by atoms with van der Waals surface area (Å²) >= 11 is 0. The molecule has 1 aromatic carbocycles. The van der Waals surface area contributed by atoms with Gasteiger partial charge in [-0.3, -0.25) is 0 Å². The first-order valence-electron chi connectivity index (χ1n) is 7.18. The third kappa shape index (κ3) is 4.44. The van der Waals surface area contributed by atoms with E-state index in [9.17, 15) is 13.6 Å². The number of hydrogen-bond acceptors (Lipinski definition) is 4. The van der Waals surface area contributed by atoms with Crippen LogP contribution in [0.5, 0.6) is 0 Å². The Labute approximate surface area is 132 Å². The number of amides is 2. The standard InChI is InChI=1S/C14H18F2N6O/c1-3-7-22(9-12(15)16)14(23)17-11-6-4-5-10(8-11)13-18-19-20-21(13)2/h4-6,8,12H,3,7,9H2,1-2H3,(H,17,23). The highest BCUT2D eigenvalue weighted by molar-refractivity contribution is 5.90. The van der Waals surface area contributed by atoms with Crippen molar-refractivity contribution in [3.05, 3.63) is 24.3 Å². The van der Waals surface area contributed by atoms with Gasteiger partial charge in [-0.05, 0) is 29.0 Å². The lowest BCUT2D eigenvalue weighted by Crippen LogP contribution is -2.38. The van der Waals surface area contributed by atoms with Gasteiger partial charge in [-0.25, -0.2) is 18.3 Å². The molecule has 0 saturated heterocycles. The normalized spacial score (nSPS) is 10.8. The van der Waals surface area contributed by atoms with E-state index in [0.29, 0.717) is 23.5 Å². The molecule has 2 rings (SSSR count). The molecular formula is C14H18F2N6O. The Bertz CT molecular complexity index is 660. The zero-order valence-corrected chi connectivity index (χ0v) is 12.9. The number of aromatic nitrogens is 4. The number of nitrogens with zero attached hydrogens (tertiary/aromatic N) is 5. The molecule has 0 radical (unpaired) electrons. The Morgan fingerprint density at radius 2 is 2.22 bits per heavy atom. The molecule has 7 nitrogen and oxygen atoms in total. The number of anilines is 1. The predicted molar refractivity (Wildman–Crippen MR) is 81.1 cm³/mol. The summed E-state index contributed by atoms with van der Waals surface area (Å²) in [5.74, 6) is 0.541. The van der Waals surface area contributed by atoms with Crippen molar-refractivity contribution in [2.24, 2.45) is 7.05 Å². The van der Waals surface area contributed by atoms with E-state index in [4.69, 9.17) is 0 Å². The maximum atomic E-state index is 12.6. The minimum atomic E-state index is -2.57. The second-order valence-corrected chi connectivity index (χ2v) is 4.97. The van der Waals surface area contributed by atoms with E-state index < -0.39 is 19.0 Å². The lowest BCUT2D eigenvalue weighted by atomic mass is 10.2. The van der Waals surface area contributed by atoms with Gasteiger partial charge >= 0.3 is 6.03 Å². The van der Waals surface area contributed by atoms with Crippen LogP contribution < -0.4 is 5.32 Å². The summed E-state index contributed by atoms with van der Waals surface area (Å²) in [6.07, 6.45) is -1.96. The number of benzene rings is 1. The number of tetrazole rings is 1. The fraction of sp³-hybridized carbons (Fsp3) is 0.429. The van der Waals surface area contributed by atoms with E-state index >= 15 is 0 Å². The summed E-state index contributed by atoms with van der Waals surface area (Å²) < 4.78 is 26.6. The Morgan fingerprint density at radius 3 is 2.83 bits per heavy atom. The van der Waals surface area contributed by atoms with Gasteiger partial charge in [0.25, 0.3) is 6.43 Å². The van der Waals surface area contributed by atoms with Crippen LogP contribution in [-0.4, -0.2) is 50.7 Å². The van der Waals surface area contributed by atoms with Gasteiger partial charge in [-0.2, -0.15) is 0 Å². The molecule has 0 spiro atoms. The highest BCUT2D eigenvalue weighted by Gasteiger charge is 2.17. The van der Waals surface area contributed by atoms with Crippen LogP contribution in [0.3, 0.4) is 0 Å². The van der Waals surface area contributed by atoms with Gasteiger partial charge in [0.1, 0.15) is 0 Å². The number of alkyl halides is 2. The van der Waals surface area contributed by atoms with Crippen molar-refractivity contribution in [2.45, 2.75) is 19.8 Å². The van der Waals surface area contributed by atoms with Crippen LogP contribution in [0, 0.1) is 0 Å². The lowest BCUT2D eigenvalue weighted by Gasteiger charge is -2.22. The summed E-state index contributed by atoms with van der Waals surface area (Å²) in [6.45, 7) is 1.50. The smallest absolute Gasteiger partial charge is 0.319 e. The highest BCUT2D eigenvalue weighted by Crippen LogP contribution is 2.20. The van der Waals surface area contributed by atoms with Crippen molar-refractivity contribution in [3.63, 3.8) is 0 Å². The third-order valence-electron chi connectivity index (χ3n) is 3.13. The van der Waals surface area contributed by atoms with Crippen molar-refractivity contribution in [1.29, 1.82) is 0 Å². The molecule has 1 N–H and O–H groups in total. The van der Waals surface area contributed by atoms with Crippen LogP contribution in [0.25, 0.3) is 11.4 Å². The molecular weight excluding hydrogens is 306 g/mol. The van der Waals surface area contributed by atoms with Gasteiger partial charge in [0.05, 0.1) is 6.54 Å². The Kier molecular flexibility index (Phi) is 5.56. The lowest BCUT2D eigenvalue weighted by molar-refractivity contribution is 0.102. The SMILES string of the molecule is CCCN(CC(F)F)C(=O)Nc1cccc(-c2nnnn2C)c1. The van der Waals surface area contributed by atoms with Crippen LogP contribution in [0.1, 0.15) is 13.3 Å². The van der Waals surface area contributed by atoms with Gasteiger partial charge in [0, 0.05) is 24.8 Å². The predicted octanol–water partition coefficient (Wildman–Crippen LogP) is 2.39. The molecule has 1 heterocycles.